The minimum Gasteiger partial charge on any atom is -0.300 e. The molecule has 0 spiro atoms. The summed E-state index contributed by atoms with van der Waals surface area (Å²) in [5.41, 5.74) is 3.53. The Balaban J connectivity index is 2.37. The van der Waals surface area contributed by atoms with E-state index in [0.717, 1.165) is 22.2 Å². The summed E-state index contributed by atoms with van der Waals surface area (Å²) < 4.78 is 15.0. The van der Waals surface area contributed by atoms with E-state index in [4.69, 9.17) is 0 Å². The highest BCUT2D eigenvalue weighted by molar-refractivity contribution is 5.98. The van der Waals surface area contributed by atoms with E-state index < -0.39 is 0 Å². The molecule has 0 amide bonds. The second-order valence-corrected chi connectivity index (χ2v) is 5.16. The van der Waals surface area contributed by atoms with Crippen molar-refractivity contribution in [1.29, 1.82) is 0 Å². The number of rotatable bonds is 3. The van der Waals surface area contributed by atoms with Crippen molar-refractivity contribution >= 4 is 22.5 Å². The third-order valence-electron chi connectivity index (χ3n) is 3.58. The number of hydrogen-bond acceptors (Lipinski definition) is 1. The zero-order valence-electron chi connectivity index (χ0n) is 12.1. The molecule has 108 valence electrons. The SMILES string of the molecule is C=C(C)C(=C=O)n1c(-c2ccc(F)cc2)cc2ccccc21. The monoisotopic (exact) mass is 291 g/mol. The van der Waals surface area contributed by atoms with Crippen LogP contribution in [0, 0.1) is 5.82 Å². The fourth-order valence-corrected chi connectivity index (χ4v) is 2.55. The van der Waals surface area contributed by atoms with Crippen LogP contribution in [0.2, 0.25) is 0 Å². The van der Waals surface area contributed by atoms with Crippen molar-refractivity contribution in [2.75, 3.05) is 0 Å². The van der Waals surface area contributed by atoms with Crippen molar-refractivity contribution in [2.24, 2.45) is 0 Å². The second kappa shape index (κ2) is 5.47. The summed E-state index contributed by atoms with van der Waals surface area (Å²) in [5.74, 6) is 1.68. The molecule has 2 aromatic carbocycles. The summed E-state index contributed by atoms with van der Waals surface area (Å²) in [6.45, 7) is 5.62. The maximum atomic E-state index is 13.2. The number of hydrogen-bond donors (Lipinski definition) is 0. The van der Waals surface area contributed by atoms with Gasteiger partial charge in [-0.3, -0.25) is 4.57 Å². The van der Waals surface area contributed by atoms with Gasteiger partial charge in [-0.1, -0.05) is 24.8 Å². The number of allylic oxidation sites excluding steroid dienone is 2. The number of nitrogens with zero attached hydrogens (tertiary/aromatic N) is 1. The lowest BCUT2D eigenvalue weighted by atomic mass is 10.1. The first-order chi connectivity index (χ1) is 10.6. The predicted octanol–water partition coefficient (Wildman–Crippen LogP) is 4.70. The van der Waals surface area contributed by atoms with E-state index in [1.54, 1.807) is 19.1 Å². The Kier molecular flexibility index (Phi) is 3.50. The number of halogens is 1. The van der Waals surface area contributed by atoms with Crippen LogP contribution in [-0.2, 0) is 4.79 Å². The Morgan fingerprint density at radius 3 is 2.45 bits per heavy atom. The van der Waals surface area contributed by atoms with Gasteiger partial charge >= 0.3 is 0 Å². The van der Waals surface area contributed by atoms with Gasteiger partial charge < -0.3 is 0 Å². The fraction of sp³-hybridized carbons (Fsp3) is 0.0526. The van der Waals surface area contributed by atoms with Gasteiger partial charge in [0.2, 0.25) is 0 Å². The van der Waals surface area contributed by atoms with E-state index in [-0.39, 0.29) is 5.82 Å². The molecule has 1 heterocycles. The first-order valence-electron chi connectivity index (χ1n) is 6.89. The van der Waals surface area contributed by atoms with Crippen molar-refractivity contribution in [2.45, 2.75) is 6.92 Å². The maximum absolute atomic E-state index is 13.2. The quantitative estimate of drug-likeness (QED) is 0.506. The van der Waals surface area contributed by atoms with Crippen LogP contribution in [0.25, 0.3) is 27.9 Å². The number of para-hydroxylation sites is 1. The van der Waals surface area contributed by atoms with E-state index >= 15 is 0 Å². The van der Waals surface area contributed by atoms with E-state index in [1.807, 2.05) is 40.8 Å². The molecule has 0 aliphatic rings. The molecule has 0 atom stereocenters. The molecule has 3 rings (SSSR count). The first-order valence-corrected chi connectivity index (χ1v) is 6.89. The molecular formula is C19H14FNO. The van der Waals surface area contributed by atoms with Gasteiger partial charge in [0, 0.05) is 5.39 Å². The van der Waals surface area contributed by atoms with Crippen LogP contribution < -0.4 is 0 Å². The largest absolute Gasteiger partial charge is 0.300 e. The van der Waals surface area contributed by atoms with Gasteiger partial charge in [0.1, 0.15) is 11.5 Å². The van der Waals surface area contributed by atoms with Gasteiger partial charge in [0.15, 0.2) is 5.94 Å². The van der Waals surface area contributed by atoms with Crippen molar-refractivity contribution in [1.82, 2.24) is 4.57 Å². The summed E-state index contributed by atoms with van der Waals surface area (Å²) in [5, 5.41) is 0.996. The van der Waals surface area contributed by atoms with Crippen molar-refractivity contribution in [3.8, 4) is 11.3 Å². The Hall–Kier alpha value is -2.90. The summed E-state index contributed by atoms with van der Waals surface area (Å²) in [6, 6.07) is 15.9. The second-order valence-electron chi connectivity index (χ2n) is 5.16. The van der Waals surface area contributed by atoms with Crippen molar-refractivity contribution in [3.63, 3.8) is 0 Å². The number of aromatic nitrogens is 1. The molecule has 1 aromatic heterocycles. The van der Waals surface area contributed by atoms with Crippen molar-refractivity contribution < 1.29 is 9.18 Å². The van der Waals surface area contributed by atoms with Gasteiger partial charge in [0.25, 0.3) is 0 Å². The highest BCUT2D eigenvalue weighted by atomic mass is 19.1. The predicted molar refractivity (Wildman–Crippen MR) is 87.5 cm³/mol. The average molecular weight is 291 g/mol. The smallest absolute Gasteiger partial charge is 0.151 e. The lowest BCUT2D eigenvalue weighted by Gasteiger charge is -2.12. The van der Waals surface area contributed by atoms with E-state index in [1.165, 1.54) is 12.1 Å². The average Bonchev–Trinajstić information content (AvgIpc) is 2.88. The van der Waals surface area contributed by atoms with Crippen LogP contribution in [0.15, 0.2) is 66.7 Å². The van der Waals surface area contributed by atoms with Crippen LogP contribution >= 0.6 is 0 Å². The zero-order chi connectivity index (χ0) is 15.7. The van der Waals surface area contributed by atoms with Crippen LogP contribution in [0.1, 0.15) is 6.92 Å². The molecule has 3 heteroatoms. The lowest BCUT2D eigenvalue weighted by Crippen LogP contribution is -2.01. The minimum atomic E-state index is -0.294. The molecule has 0 bridgehead atoms. The molecule has 22 heavy (non-hydrogen) atoms. The van der Waals surface area contributed by atoms with E-state index in [2.05, 4.69) is 6.58 Å². The van der Waals surface area contributed by atoms with Crippen LogP contribution in [0.3, 0.4) is 0 Å². The van der Waals surface area contributed by atoms with Gasteiger partial charge in [-0.05, 0) is 54.5 Å². The third-order valence-corrected chi connectivity index (χ3v) is 3.58. The summed E-state index contributed by atoms with van der Waals surface area (Å²) in [6.07, 6.45) is 0. The van der Waals surface area contributed by atoms with Gasteiger partial charge in [-0.25, -0.2) is 9.18 Å². The molecule has 0 saturated heterocycles. The molecule has 0 unspecified atom stereocenters. The summed E-state index contributed by atoms with van der Waals surface area (Å²) >= 11 is 0. The Labute approximate surface area is 127 Å². The van der Waals surface area contributed by atoms with Crippen LogP contribution in [-0.4, -0.2) is 10.5 Å². The number of benzene rings is 2. The number of fused-ring (bicyclic) bond motifs is 1. The Morgan fingerprint density at radius 2 is 1.82 bits per heavy atom. The van der Waals surface area contributed by atoms with Crippen molar-refractivity contribution in [3.05, 3.63) is 72.6 Å². The maximum Gasteiger partial charge on any atom is 0.151 e. The third kappa shape index (κ3) is 2.28. The van der Waals surface area contributed by atoms with Gasteiger partial charge in [0.05, 0.1) is 11.2 Å². The Bertz CT molecular complexity index is 912. The normalized spacial score (nSPS) is 10.5. The topological polar surface area (TPSA) is 22.0 Å². The first kappa shape index (κ1) is 14.1. The molecule has 0 N–H and O–H groups in total. The highest BCUT2D eigenvalue weighted by Crippen LogP contribution is 2.32. The Morgan fingerprint density at radius 1 is 1.14 bits per heavy atom. The highest BCUT2D eigenvalue weighted by Gasteiger charge is 2.15. The molecule has 2 nitrogen and oxygen atoms in total. The standard InChI is InChI=1S/C19H14FNO/c1-13(2)19(12-22)21-17-6-4-3-5-15(17)11-18(21)14-7-9-16(20)10-8-14/h3-11H,1H2,2H3. The van der Waals surface area contributed by atoms with E-state index in [9.17, 15) is 9.18 Å². The molecular weight excluding hydrogens is 277 g/mol. The molecule has 0 fully saturated rings. The van der Waals surface area contributed by atoms with Crippen LogP contribution in [0.4, 0.5) is 4.39 Å². The van der Waals surface area contributed by atoms with Crippen LogP contribution in [0.5, 0.6) is 0 Å². The van der Waals surface area contributed by atoms with Gasteiger partial charge in [-0.15, -0.1) is 0 Å². The lowest BCUT2D eigenvalue weighted by molar-refractivity contribution is 0.568. The van der Waals surface area contributed by atoms with Gasteiger partial charge in [-0.2, -0.15) is 0 Å². The summed E-state index contributed by atoms with van der Waals surface area (Å²) in [7, 11) is 0. The summed E-state index contributed by atoms with van der Waals surface area (Å²) in [4.78, 5) is 11.4. The minimum absolute atomic E-state index is 0.294. The molecule has 0 aliphatic heterocycles. The molecule has 0 saturated carbocycles. The number of carbonyl (C=O) groups excluding carboxylic acids is 1. The zero-order valence-corrected chi connectivity index (χ0v) is 12.1. The molecule has 0 radical (unpaired) electrons. The van der Waals surface area contributed by atoms with E-state index in [0.29, 0.717) is 11.3 Å². The molecule has 3 aromatic rings. The molecule has 0 aliphatic carbocycles. The fourth-order valence-electron chi connectivity index (χ4n) is 2.55.